The van der Waals surface area contributed by atoms with Gasteiger partial charge in [-0.1, -0.05) is 74.1 Å². The van der Waals surface area contributed by atoms with Gasteiger partial charge in [-0.25, -0.2) is 0 Å². The van der Waals surface area contributed by atoms with Gasteiger partial charge < -0.3 is 0 Å². The maximum atomic E-state index is 2.23. The lowest BCUT2D eigenvalue weighted by Crippen LogP contribution is -1.66. The maximum Gasteiger partial charge on any atom is -0.0500 e. The normalized spacial score (nSPS) is 8.00. The molecule has 0 unspecified atom stereocenters. The third kappa shape index (κ3) is 90.0. The molecule has 0 rings (SSSR count). The highest BCUT2D eigenvalue weighted by Crippen LogP contribution is 1.95. The number of rotatable bonds is 3. The Morgan fingerprint density at radius 1 is 0.750 bits per heavy atom. The number of hydrogen-bond donors (Lipinski definition) is 0. The molecule has 78 valence electrons. The van der Waals surface area contributed by atoms with Gasteiger partial charge in [0.25, 0.3) is 0 Å². The van der Waals surface area contributed by atoms with Crippen LogP contribution in [0.3, 0.4) is 0 Å². The van der Waals surface area contributed by atoms with Crippen molar-refractivity contribution in [3.05, 3.63) is 0 Å². The average Bonchev–Trinajstić information content (AvgIpc) is 2.04. The lowest BCUT2D eigenvalue weighted by atomic mass is 10.2. The van der Waals surface area contributed by atoms with E-state index in [1.54, 1.807) is 0 Å². The zero-order valence-electron chi connectivity index (χ0n) is 10.4. The van der Waals surface area contributed by atoms with E-state index in [1.165, 1.54) is 25.7 Å². The van der Waals surface area contributed by atoms with Gasteiger partial charge in [0.2, 0.25) is 0 Å². The molecule has 0 nitrogen and oxygen atoms in total. The second kappa shape index (κ2) is 22.4. The fourth-order valence-corrected chi connectivity index (χ4v) is 0.500. The van der Waals surface area contributed by atoms with Crippen molar-refractivity contribution in [2.24, 2.45) is 5.92 Å². The fourth-order valence-electron chi connectivity index (χ4n) is 0.500. The highest BCUT2D eigenvalue weighted by atomic mass is 13.8. The van der Waals surface area contributed by atoms with Gasteiger partial charge in [0, 0.05) is 0 Å². The van der Waals surface area contributed by atoms with Gasteiger partial charge in [-0.05, 0) is 5.92 Å². The van der Waals surface area contributed by atoms with Gasteiger partial charge in [0.1, 0.15) is 0 Å². The molecular weight excluding hydrogens is 144 g/mol. The molecule has 0 bridgehead atoms. The molecule has 0 saturated heterocycles. The van der Waals surface area contributed by atoms with E-state index in [-0.39, 0.29) is 0 Å². The monoisotopic (exact) mass is 174 g/mol. The molecule has 0 aliphatic heterocycles. The van der Waals surface area contributed by atoms with Gasteiger partial charge in [-0.15, -0.1) is 0 Å². The Kier molecular flexibility index (Phi) is 33.5. The second-order valence-electron chi connectivity index (χ2n) is 3.44. The summed E-state index contributed by atoms with van der Waals surface area (Å²) < 4.78 is 0. The van der Waals surface area contributed by atoms with Gasteiger partial charge >= 0.3 is 0 Å². The van der Waals surface area contributed by atoms with Crippen molar-refractivity contribution in [3.8, 4) is 0 Å². The van der Waals surface area contributed by atoms with E-state index in [2.05, 4.69) is 34.6 Å². The van der Waals surface area contributed by atoms with E-state index in [0.29, 0.717) is 0 Å². The summed E-state index contributed by atoms with van der Waals surface area (Å²) in [5.74, 6) is 0.833. The molecule has 0 spiro atoms. The summed E-state index contributed by atoms with van der Waals surface area (Å²) in [6, 6.07) is 0. The molecule has 12 heavy (non-hydrogen) atoms. The van der Waals surface area contributed by atoms with Crippen LogP contribution in [0.5, 0.6) is 0 Å². The number of unbranched alkanes of at least 4 members (excludes halogenated alkanes) is 3. The summed E-state index contributed by atoms with van der Waals surface area (Å²) in [5, 5.41) is 0. The van der Waals surface area contributed by atoms with Gasteiger partial charge in [-0.2, -0.15) is 0 Å². The van der Waals surface area contributed by atoms with Crippen molar-refractivity contribution < 1.29 is 0 Å². The zero-order valence-corrected chi connectivity index (χ0v) is 10.4. The number of hydrogen-bond acceptors (Lipinski definition) is 0. The molecule has 0 heterocycles. The molecule has 0 radical (unpaired) electrons. The summed E-state index contributed by atoms with van der Waals surface area (Å²) in [6.45, 7) is 15.0. The SMILES string of the molecule is CC.CC(C)C.CCCCCC. The van der Waals surface area contributed by atoms with Crippen molar-refractivity contribution >= 4 is 0 Å². The minimum Gasteiger partial charge on any atom is -0.0683 e. The molecule has 0 fully saturated rings. The average molecular weight is 174 g/mol. The fraction of sp³-hybridized carbons (Fsp3) is 1.00. The van der Waals surface area contributed by atoms with E-state index in [0.717, 1.165) is 5.92 Å². The van der Waals surface area contributed by atoms with E-state index < -0.39 is 0 Å². The smallest absolute Gasteiger partial charge is 0.0500 e. The minimum atomic E-state index is 0.833. The summed E-state index contributed by atoms with van der Waals surface area (Å²) in [7, 11) is 0. The molecular formula is C12H30. The van der Waals surface area contributed by atoms with Crippen LogP contribution in [0.4, 0.5) is 0 Å². The predicted molar refractivity (Wildman–Crippen MR) is 61.7 cm³/mol. The lowest BCUT2D eigenvalue weighted by molar-refractivity contribution is 0.702. The molecule has 0 aromatic carbocycles. The first-order chi connectivity index (χ1) is 5.65. The van der Waals surface area contributed by atoms with Crippen LogP contribution < -0.4 is 0 Å². The van der Waals surface area contributed by atoms with Crippen molar-refractivity contribution in [1.29, 1.82) is 0 Å². The van der Waals surface area contributed by atoms with Crippen LogP contribution in [0, 0.1) is 5.92 Å². The van der Waals surface area contributed by atoms with Crippen molar-refractivity contribution in [1.82, 2.24) is 0 Å². The standard InChI is InChI=1S/C6H14.C4H10.C2H6/c1-3-5-6-4-2;1-4(2)3;1-2/h3-6H2,1-2H3;4H,1-3H3;1-2H3. The molecule has 0 aromatic rings. The predicted octanol–water partition coefficient (Wildman–Crippen LogP) is 5.28. The van der Waals surface area contributed by atoms with Crippen molar-refractivity contribution in [2.75, 3.05) is 0 Å². The van der Waals surface area contributed by atoms with E-state index in [9.17, 15) is 0 Å². The first-order valence-electron chi connectivity index (χ1n) is 5.65. The van der Waals surface area contributed by atoms with Crippen LogP contribution in [0.1, 0.15) is 74.1 Å². The molecule has 0 atom stereocenters. The van der Waals surface area contributed by atoms with Crippen LogP contribution in [-0.4, -0.2) is 0 Å². The van der Waals surface area contributed by atoms with Crippen LogP contribution in [0.2, 0.25) is 0 Å². The lowest BCUT2D eigenvalue weighted by Gasteiger charge is -1.86. The van der Waals surface area contributed by atoms with Crippen molar-refractivity contribution in [2.45, 2.75) is 74.1 Å². The highest BCUT2D eigenvalue weighted by molar-refractivity contribution is 4.31. The van der Waals surface area contributed by atoms with E-state index >= 15 is 0 Å². The van der Waals surface area contributed by atoms with Crippen LogP contribution in [0.25, 0.3) is 0 Å². The minimum absolute atomic E-state index is 0.833. The molecule has 0 aliphatic carbocycles. The summed E-state index contributed by atoms with van der Waals surface area (Å²) >= 11 is 0. The summed E-state index contributed by atoms with van der Waals surface area (Å²) in [6.07, 6.45) is 5.54. The largest absolute Gasteiger partial charge is 0.0683 e. The molecule has 0 amide bonds. The third-order valence-corrected chi connectivity index (χ3v) is 0.957. The summed E-state index contributed by atoms with van der Waals surface area (Å²) in [5.41, 5.74) is 0. The van der Waals surface area contributed by atoms with Gasteiger partial charge in [-0.3, -0.25) is 0 Å². The topological polar surface area (TPSA) is 0 Å². The van der Waals surface area contributed by atoms with Gasteiger partial charge in [0.15, 0.2) is 0 Å². The van der Waals surface area contributed by atoms with Crippen LogP contribution >= 0.6 is 0 Å². The van der Waals surface area contributed by atoms with E-state index in [1.807, 2.05) is 13.8 Å². The zero-order chi connectivity index (χ0) is 10.4. The van der Waals surface area contributed by atoms with E-state index in [4.69, 9.17) is 0 Å². The maximum absolute atomic E-state index is 2.23. The Bertz CT molecular complexity index is 30.5. The van der Waals surface area contributed by atoms with Crippen LogP contribution in [0.15, 0.2) is 0 Å². The summed E-state index contributed by atoms with van der Waals surface area (Å²) in [4.78, 5) is 0. The highest BCUT2D eigenvalue weighted by Gasteiger charge is 1.75. The Balaban J connectivity index is -0.000000118. The molecule has 0 aromatic heterocycles. The molecule has 0 saturated carbocycles. The Morgan fingerprint density at radius 3 is 1.00 bits per heavy atom. The molecule has 0 N–H and O–H groups in total. The first kappa shape index (κ1) is 17.9. The molecule has 0 heteroatoms. The molecule has 0 aliphatic rings. The Labute approximate surface area is 80.8 Å². The second-order valence-corrected chi connectivity index (χ2v) is 3.44. The van der Waals surface area contributed by atoms with Crippen molar-refractivity contribution in [3.63, 3.8) is 0 Å². The quantitative estimate of drug-likeness (QED) is 0.511. The van der Waals surface area contributed by atoms with Gasteiger partial charge in [0.05, 0.1) is 0 Å². The van der Waals surface area contributed by atoms with Crippen LogP contribution in [-0.2, 0) is 0 Å². The Morgan fingerprint density at radius 2 is 0.917 bits per heavy atom. The Hall–Kier alpha value is 0. The first-order valence-corrected chi connectivity index (χ1v) is 5.65. The third-order valence-electron chi connectivity index (χ3n) is 0.957.